The van der Waals surface area contributed by atoms with Gasteiger partial charge >= 0.3 is 0 Å². The normalized spacial score (nSPS) is 25.7. The third kappa shape index (κ3) is 5.27. The third-order valence-electron chi connectivity index (χ3n) is 4.38. The zero-order valence-electron chi connectivity index (χ0n) is 13.2. The molecule has 1 fully saturated rings. The minimum absolute atomic E-state index is 0.461. The molecule has 0 radical (unpaired) electrons. The Kier molecular flexibility index (Phi) is 6.65. The summed E-state index contributed by atoms with van der Waals surface area (Å²) in [6.07, 6.45) is 7.68. The molecule has 0 amide bonds. The van der Waals surface area contributed by atoms with Crippen LogP contribution >= 0.6 is 0 Å². The van der Waals surface area contributed by atoms with E-state index in [1.807, 2.05) is 0 Å². The second-order valence-electron chi connectivity index (χ2n) is 7.15. The van der Waals surface area contributed by atoms with E-state index in [4.69, 9.17) is 5.73 Å². The summed E-state index contributed by atoms with van der Waals surface area (Å²) in [6.45, 7) is 9.38. The highest BCUT2D eigenvalue weighted by atomic mass is 15.2. The topological polar surface area (TPSA) is 29.3 Å². The van der Waals surface area contributed by atoms with Gasteiger partial charge in [-0.2, -0.15) is 0 Å². The van der Waals surface area contributed by atoms with Crippen molar-refractivity contribution >= 4 is 0 Å². The summed E-state index contributed by atoms with van der Waals surface area (Å²) in [5.74, 6) is 1.59. The predicted molar refractivity (Wildman–Crippen MR) is 80.7 cm³/mol. The summed E-state index contributed by atoms with van der Waals surface area (Å²) < 4.78 is 0. The highest BCUT2D eigenvalue weighted by Gasteiger charge is 2.27. The van der Waals surface area contributed by atoms with Crippen LogP contribution in [0.25, 0.3) is 0 Å². The molecule has 18 heavy (non-hydrogen) atoms. The van der Waals surface area contributed by atoms with Gasteiger partial charge in [-0.1, -0.05) is 27.7 Å². The Morgan fingerprint density at radius 1 is 0.944 bits per heavy atom. The fourth-order valence-corrected chi connectivity index (χ4v) is 3.32. The monoisotopic (exact) mass is 254 g/mol. The quantitative estimate of drug-likeness (QED) is 0.784. The summed E-state index contributed by atoms with van der Waals surface area (Å²) in [5, 5.41) is 0. The minimum atomic E-state index is 0.461. The molecular formula is C16H34N2. The molecule has 108 valence electrons. The van der Waals surface area contributed by atoms with Crippen LogP contribution in [-0.4, -0.2) is 30.1 Å². The van der Waals surface area contributed by atoms with Crippen molar-refractivity contribution in [3.8, 4) is 0 Å². The maximum absolute atomic E-state index is 6.02. The molecule has 2 nitrogen and oxygen atoms in total. The first-order chi connectivity index (χ1) is 8.40. The van der Waals surface area contributed by atoms with Crippen LogP contribution in [0.2, 0.25) is 0 Å². The molecule has 0 unspecified atom stereocenters. The average molecular weight is 254 g/mol. The van der Waals surface area contributed by atoms with Crippen molar-refractivity contribution in [3.63, 3.8) is 0 Å². The molecule has 2 heteroatoms. The predicted octanol–water partition coefficient (Wildman–Crippen LogP) is 3.65. The zero-order valence-corrected chi connectivity index (χ0v) is 13.2. The summed E-state index contributed by atoms with van der Waals surface area (Å²) in [7, 11) is 2.34. The van der Waals surface area contributed by atoms with Crippen molar-refractivity contribution in [3.05, 3.63) is 0 Å². The van der Waals surface area contributed by atoms with E-state index in [2.05, 4.69) is 39.6 Å². The lowest BCUT2D eigenvalue weighted by Gasteiger charge is -2.40. The van der Waals surface area contributed by atoms with Gasteiger partial charge in [0, 0.05) is 18.1 Å². The fourth-order valence-electron chi connectivity index (χ4n) is 3.32. The number of hydrogen-bond acceptors (Lipinski definition) is 2. The van der Waals surface area contributed by atoms with Crippen molar-refractivity contribution in [2.45, 2.75) is 84.3 Å². The smallest absolute Gasteiger partial charge is 0.01000 e. The summed E-state index contributed by atoms with van der Waals surface area (Å²) in [6, 6.07) is 1.99. The molecule has 0 aliphatic heterocycles. The van der Waals surface area contributed by atoms with E-state index >= 15 is 0 Å². The number of hydrogen-bond donors (Lipinski definition) is 1. The Balaban J connectivity index is 2.54. The van der Waals surface area contributed by atoms with Crippen molar-refractivity contribution in [1.82, 2.24) is 4.90 Å². The van der Waals surface area contributed by atoms with Gasteiger partial charge in [-0.3, -0.25) is 0 Å². The van der Waals surface area contributed by atoms with Gasteiger partial charge in [-0.15, -0.1) is 0 Å². The Bertz CT molecular complexity index is 207. The third-order valence-corrected chi connectivity index (χ3v) is 4.38. The van der Waals surface area contributed by atoms with Gasteiger partial charge in [0.15, 0.2) is 0 Å². The molecule has 0 aromatic heterocycles. The van der Waals surface area contributed by atoms with Gasteiger partial charge in [0.1, 0.15) is 0 Å². The molecule has 0 aromatic rings. The maximum atomic E-state index is 6.02. The van der Waals surface area contributed by atoms with E-state index in [0.29, 0.717) is 6.04 Å². The van der Waals surface area contributed by atoms with Crippen LogP contribution in [0.15, 0.2) is 0 Å². The Morgan fingerprint density at radius 3 is 1.78 bits per heavy atom. The van der Waals surface area contributed by atoms with Gasteiger partial charge in [0.2, 0.25) is 0 Å². The molecule has 1 aliphatic carbocycles. The first kappa shape index (κ1) is 16.0. The van der Waals surface area contributed by atoms with Crippen LogP contribution in [0.3, 0.4) is 0 Å². The molecule has 0 heterocycles. The number of rotatable bonds is 6. The first-order valence-corrected chi connectivity index (χ1v) is 7.87. The maximum Gasteiger partial charge on any atom is 0.01000 e. The molecule has 1 saturated carbocycles. The lowest BCUT2D eigenvalue weighted by Crippen LogP contribution is -2.45. The van der Waals surface area contributed by atoms with Crippen LogP contribution in [0, 0.1) is 11.8 Å². The van der Waals surface area contributed by atoms with Crippen molar-refractivity contribution in [2.24, 2.45) is 17.6 Å². The van der Waals surface area contributed by atoms with Crippen LogP contribution < -0.4 is 5.73 Å². The first-order valence-electron chi connectivity index (χ1n) is 7.87. The van der Waals surface area contributed by atoms with E-state index in [1.54, 1.807) is 0 Å². The van der Waals surface area contributed by atoms with Crippen LogP contribution in [0.4, 0.5) is 0 Å². The lowest BCUT2D eigenvalue weighted by atomic mass is 9.87. The van der Waals surface area contributed by atoms with Gasteiger partial charge in [-0.05, 0) is 57.4 Å². The van der Waals surface area contributed by atoms with Gasteiger partial charge in [-0.25, -0.2) is 0 Å². The van der Waals surface area contributed by atoms with Crippen LogP contribution in [0.1, 0.15) is 66.2 Å². The minimum Gasteiger partial charge on any atom is -0.328 e. The van der Waals surface area contributed by atoms with E-state index in [-0.39, 0.29) is 0 Å². The molecule has 0 aromatic carbocycles. The largest absolute Gasteiger partial charge is 0.328 e. The van der Waals surface area contributed by atoms with Gasteiger partial charge in [0.25, 0.3) is 0 Å². The highest BCUT2D eigenvalue weighted by Crippen LogP contribution is 2.27. The van der Waals surface area contributed by atoms with Crippen LogP contribution in [-0.2, 0) is 0 Å². The second-order valence-corrected chi connectivity index (χ2v) is 7.15. The SMILES string of the molecule is CC(C)CC(CC(C)C)N(C)C1CCC(N)CC1. The van der Waals surface area contributed by atoms with Gasteiger partial charge < -0.3 is 10.6 Å². The average Bonchev–Trinajstić information content (AvgIpc) is 2.27. The molecule has 1 aliphatic rings. The standard InChI is InChI=1S/C16H34N2/c1-12(2)10-16(11-13(3)4)18(5)15-8-6-14(17)7-9-15/h12-16H,6-11,17H2,1-5H3. The zero-order chi connectivity index (χ0) is 13.7. The Morgan fingerprint density at radius 2 is 1.39 bits per heavy atom. The summed E-state index contributed by atoms with van der Waals surface area (Å²) >= 11 is 0. The molecule has 2 N–H and O–H groups in total. The molecule has 0 saturated heterocycles. The fraction of sp³-hybridized carbons (Fsp3) is 1.00. The molecule has 0 bridgehead atoms. The second kappa shape index (κ2) is 7.49. The van der Waals surface area contributed by atoms with E-state index in [0.717, 1.165) is 23.9 Å². The molecule has 0 spiro atoms. The van der Waals surface area contributed by atoms with E-state index in [9.17, 15) is 0 Å². The molecule has 0 atom stereocenters. The highest BCUT2D eigenvalue weighted by molar-refractivity contribution is 4.84. The lowest BCUT2D eigenvalue weighted by molar-refractivity contribution is 0.104. The van der Waals surface area contributed by atoms with Crippen molar-refractivity contribution in [2.75, 3.05) is 7.05 Å². The van der Waals surface area contributed by atoms with E-state index in [1.165, 1.54) is 38.5 Å². The summed E-state index contributed by atoms with van der Waals surface area (Å²) in [4.78, 5) is 2.67. The summed E-state index contributed by atoms with van der Waals surface area (Å²) in [5.41, 5.74) is 6.02. The van der Waals surface area contributed by atoms with Gasteiger partial charge in [0.05, 0.1) is 0 Å². The number of nitrogens with zero attached hydrogens (tertiary/aromatic N) is 1. The van der Waals surface area contributed by atoms with E-state index < -0.39 is 0 Å². The Labute approximate surface area is 114 Å². The number of nitrogens with two attached hydrogens (primary N) is 1. The molecule has 1 rings (SSSR count). The van der Waals surface area contributed by atoms with Crippen LogP contribution in [0.5, 0.6) is 0 Å². The Hall–Kier alpha value is -0.0800. The molecular weight excluding hydrogens is 220 g/mol. The van der Waals surface area contributed by atoms with Crippen molar-refractivity contribution < 1.29 is 0 Å². The van der Waals surface area contributed by atoms with Crippen molar-refractivity contribution in [1.29, 1.82) is 0 Å².